The molecule has 1 aliphatic heterocycles. The molecule has 0 saturated carbocycles. The van der Waals surface area contributed by atoms with Gasteiger partial charge in [0.05, 0.1) is 5.92 Å². The molecule has 2 rings (SSSR count). The normalized spacial score (nSPS) is 20.5. The fourth-order valence-electron chi connectivity index (χ4n) is 2.30. The van der Waals surface area contributed by atoms with E-state index in [-0.39, 0.29) is 5.92 Å². The highest BCUT2D eigenvalue weighted by Gasteiger charge is 2.22. The molecule has 98 valence electrons. The molecule has 1 saturated heterocycles. The van der Waals surface area contributed by atoms with E-state index < -0.39 is 5.97 Å². The Morgan fingerprint density at radius 1 is 1.44 bits per heavy atom. The highest BCUT2D eigenvalue weighted by atomic mass is 16.4. The van der Waals surface area contributed by atoms with Gasteiger partial charge in [-0.3, -0.25) is 4.79 Å². The zero-order valence-corrected chi connectivity index (χ0v) is 10.4. The van der Waals surface area contributed by atoms with Crippen molar-refractivity contribution in [3.05, 3.63) is 23.9 Å². The molecule has 0 aromatic carbocycles. The lowest BCUT2D eigenvalue weighted by Gasteiger charge is -2.21. The van der Waals surface area contributed by atoms with E-state index in [1.54, 1.807) is 6.20 Å². The summed E-state index contributed by atoms with van der Waals surface area (Å²) < 4.78 is 0. The van der Waals surface area contributed by atoms with Gasteiger partial charge < -0.3 is 15.7 Å². The number of carboxylic acids is 1. The van der Waals surface area contributed by atoms with Crippen LogP contribution in [0.5, 0.6) is 0 Å². The summed E-state index contributed by atoms with van der Waals surface area (Å²) in [6, 6.07) is 3.94. The number of carboxylic acid groups (broad SMARTS) is 1. The predicted molar refractivity (Wildman–Crippen MR) is 69.3 cm³/mol. The molecule has 1 aromatic rings. The molecule has 1 atom stereocenters. The van der Waals surface area contributed by atoms with Crippen molar-refractivity contribution in [3.63, 3.8) is 0 Å². The smallest absolute Gasteiger partial charge is 0.306 e. The predicted octanol–water partition coefficient (Wildman–Crippen LogP) is 1.23. The van der Waals surface area contributed by atoms with Crippen LogP contribution in [0.2, 0.25) is 0 Å². The number of pyridine rings is 1. The van der Waals surface area contributed by atoms with E-state index in [2.05, 4.69) is 9.88 Å². The molecule has 0 bridgehead atoms. The van der Waals surface area contributed by atoms with Crippen LogP contribution in [0.1, 0.15) is 24.8 Å². The maximum absolute atomic E-state index is 11.0. The standard InChI is InChI=1S/C13H19N3O2/c14-8-10-3-4-12(15-9-10)16-6-1-2-11(5-7-16)13(17)18/h3-4,9,11H,1-2,5-8,14H2,(H,17,18). The second kappa shape index (κ2) is 5.82. The van der Waals surface area contributed by atoms with Gasteiger partial charge in [-0.15, -0.1) is 0 Å². The number of nitrogens with zero attached hydrogens (tertiary/aromatic N) is 2. The minimum absolute atomic E-state index is 0.210. The lowest BCUT2D eigenvalue weighted by Crippen LogP contribution is -2.25. The zero-order chi connectivity index (χ0) is 13.0. The van der Waals surface area contributed by atoms with Crippen LogP contribution < -0.4 is 10.6 Å². The molecule has 3 N–H and O–H groups in total. The lowest BCUT2D eigenvalue weighted by atomic mass is 10.0. The van der Waals surface area contributed by atoms with E-state index in [0.29, 0.717) is 13.0 Å². The van der Waals surface area contributed by atoms with E-state index in [1.165, 1.54) is 0 Å². The Morgan fingerprint density at radius 3 is 2.89 bits per heavy atom. The van der Waals surface area contributed by atoms with Crippen molar-refractivity contribution in [3.8, 4) is 0 Å². The van der Waals surface area contributed by atoms with Crippen molar-refractivity contribution in [1.29, 1.82) is 0 Å². The number of aromatic nitrogens is 1. The van der Waals surface area contributed by atoms with Crippen molar-refractivity contribution in [2.24, 2.45) is 11.7 Å². The monoisotopic (exact) mass is 249 g/mol. The van der Waals surface area contributed by atoms with Crippen LogP contribution in [0, 0.1) is 5.92 Å². The molecular weight excluding hydrogens is 230 g/mol. The van der Waals surface area contributed by atoms with Crippen LogP contribution in [0.25, 0.3) is 0 Å². The molecule has 0 spiro atoms. The van der Waals surface area contributed by atoms with E-state index in [1.807, 2.05) is 12.1 Å². The Kier molecular flexibility index (Phi) is 4.15. The Bertz CT molecular complexity index is 405. The minimum Gasteiger partial charge on any atom is -0.481 e. The van der Waals surface area contributed by atoms with Gasteiger partial charge in [-0.05, 0) is 30.9 Å². The molecule has 1 fully saturated rings. The summed E-state index contributed by atoms with van der Waals surface area (Å²) in [6.45, 7) is 2.12. The van der Waals surface area contributed by atoms with E-state index in [9.17, 15) is 4.79 Å². The van der Waals surface area contributed by atoms with Crippen LogP contribution in [0.15, 0.2) is 18.3 Å². The number of aliphatic carboxylic acids is 1. The molecule has 1 aliphatic rings. The summed E-state index contributed by atoms with van der Waals surface area (Å²) in [5.41, 5.74) is 6.55. The number of carbonyl (C=O) groups is 1. The summed E-state index contributed by atoms with van der Waals surface area (Å²) in [5.74, 6) is 0.0276. The molecule has 0 aliphatic carbocycles. The summed E-state index contributed by atoms with van der Waals surface area (Å²) in [4.78, 5) is 17.5. The third-order valence-corrected chi connectivity index (χ3v) is 3.45. The fourth-order valence-corrected chi connectivity index (χ4v) is 2.30. The highest BCUT2D eigenvalue weighted by molar-refractivity contribution is 5.70. The largest absolute Gasteiger partial charge is 0.481 e. The number of rotatable bonds is 3. The van der Waals surface area contributed by atoms with Crippen molar-refractivity contribution in [2.75, 3.05) is 18.0 Å². The summed E-state index contributed by atoms with van der Waals surface area (Å²) >= 11 is 0. The van der Waals surface area contributed by atoms with Gasteiger partial charge in [0.25, 0.3) is 0 Å². The van der Waals surface area contributed by atoms with Crippen molar-refractivity contribution in [1.82, 2.24) is 4.98 Å². The van der Waals surface area contributed by atoms with Gasteiger partial charge in [0.2, 0.25) is 0 Å². The SMILES string of the molecule is NCc1ccc(N2CCCC(C(=O)O)CC2)nc1. The van der Waals surface area contributed by atoms with Crippen LogP contribution in [0.3, 0.4) is 0 Å². The second-order valence-corrected chi connectivity index (χ2v) is 4.68. The average molecular weight is 249 g/mol. The number of anilines is 1. The maximum atomic E-state index is 11.0. The first-order chi connectivity index (χ1) is 8.70. The zero-order valence-electron chi connectivity index (χ0n) is 10.4. The first kappa shape index (κ1) is 12.8. The van der Waals surface area contributed by atoms with Crippen LogP contribution in [-0.4, -0.2) is 29.1 Å². The third kappa shape index (κ3) is 2.98. The Hall–Kier alpha value is -1.62. The molecule has 5 nitrogen and oxygen atoms in total. The summed E-state index contributed by atoms with van der Waals surface area (Å²) in [5, 5.41) is 9.04. The van der Waals surface area contributed by atoms with Crippen molar-refractivity contribution >= 4 is 11.8 Å². The first-order valence-electron chi connectivity index (χ1n) is 6.33. The van der Waals surface area contributed by atoms with E-state index in [4.69, 9.17) is 10.8 Å². The van der Waals surface area contributed by atoms with E-state index >= 15 is 0 Å². The van der Waals surface area contributed by atoms with Crippen LogP contribution in [0.4, 0.5) is 5.82 Å². The number of hydrogen-bond acceptors (Lipinski definition) is 4. The van der Waals surface area contributed by atoms with Crippen LogP contribution in [-0.2, 0) is 11.3 Å². The molecule has 18 heavy (non-hydrogen) atoms. The van der Waals surface area contributed by atoms with Gasteiger partial charge in [0, 0.05) is 25.8 Å². The topological polar surface area (TPSA) is 79.5 Å². The minimum atomic E-state index is -0.678. The van der Waals surface area contributed by atoms with Gasteiger partial charge >= 0.3 is 5.97 Å². The van der Waals surface area contributed by atoms with Gasteiger partial charge in [-0.1, -0.05) is 6.07 Å². The van der Waals surface area contributed by atoms with Gasteiger partial charge in [0.15, 0.2) is 0 Å². The highest BCUT2D eigenvalue weighted by Crippen LogP contribution is 2.21. The third-order valence-electron chi connectivity index (χ3n) is 3.45. The Morgan fingerprint density at radius 2 is 2.28 bits per heavy atom. The van der Waals surface area contributed by atoms with Crippen molar-refractivity contribution < 1.29 is 9.90 Å². The molecule has 1 unspecified atom stereocenters. The number of nitrogens with two attached hydrogens (primary N) is 1. The molecule has 2 heterocycles. The second-order valence-electron chi connectivity index (χ2n) is 4.68. The Labute approximate surface area is 107 Å². The quantitative estimate of drug-likeness (QED) is 0.842. The van der Waals surface area contributed by atoms with Gasteiger partial charge in [-0.2, -0.15) is 0 Å². The number of hydrogen-bond donors (Lipinski definition) is 2. The van der Waals surface area contributed by atoms with Crippen molar-refractivity contribution in [2.45, 2.75) is 25.8 Å². The summed E-state index contributed by atoms with van der Waals surface area (Å²) in [6.07, 6.45) is 4.13. The molecule has 1 aromatic heterocycles. The Balaban J connectivity index is 2.02. The van der Waals surface area contributed by atoms with Crippen LogP contribution >= 0.6 is 0 Å². The maximum Gasteiger partial charge on any atom is 0.306 e. The fraction of sp³-hybridized carbons (Fsp3) is 0.538. The summed E-state index contributed by atoms with van der Waals surface area (Å²) in [7, 11) is 0. The first-order valence-corrected chi connectivity index (χ1v) is 6.33. The van der Waals surface area contributed by atoms with Gasteiger partial charge in [0.1, 0.15) is 5.82 Å². The van der Waals surface area contributed by atoms with Gasteiger partial charge in [-0.25, -0.2) is 4.98 Å². The average Bonchev–Trinajstić information content (AvgIpc) is 2.64. The van der Waals surface area contributed by atoms with E-state index in [0.717, 1.165) is 37.3 Å². The molecule has 5 heteroatoms. The lowest BCUT2D eigenvalue weighted by molar-refractivity contribution is -0.142. The molecular formula is C13H19N3O2. The molecule has 0 amide bonds. The molecule has 0 radical (unpaired) electrons.